The number of aromatic carboxylic acids is 1. The number of benzene rings is 1. The summed E-state index contributed by atoms with van der Waals surface area (Å²) in [5, 5.41) is 8.84. The second kappa shape index (κ2) is 7.68. The van der Waals surface area contributed by atoms with Crippen molar-refractivity contribution >= 4 is 11.9 Å². The molecule has 0 fully saturated rings. The number of hydrogen-bond donors (Lipinski definition) is 1. The topological polar surface area (TPSA) is 80.0 Å². The fourth-order valence-electron chi connectivity index (χ4n) is 2.53. The number of amides is 1. The fourth-order valence-corrected chi connectivity index (χ4v) is 2.53. The molecular formula is C18H21NO5. The predicted octanol–water partition coefficient (Wildman–Crippen LogP) is 2.94. The number of methoxy groups -OCH3 is 1. The van der Waals surface area contributed by atoms with Gasteiger partial charge in [0.25, 0.3) is 5.91 Å². The van der Waals surface area contributed by atoms with Gasteiger partial charge in [-0.25, -0.2) is 4.79 Å². The molecule has 1 amide bonds. The van der Waals surface area contributed by atoms with E-state index in [1.165, 1.54) is 12.1 Å². The molecule has 1 heterocycles. The van der Waals surface area contributed by atoms with Crippen LogP contribution in [0.3, 0.4) is 0 Å². The first-order chi connectivity index (χ1) is 11.4. The Bertz CT molecular complexity index is 704. The zero-order valence-corrected chi connectivity index (χ0v) is 14.0. The predicted molar refractivity (Wildman–Crippen MR) is 88.5 cm³/mol. The molecule has 0 saturated heterocycles. The summed E-state index contributed by atoms with van der Waals surface area (Å²) < 4.78 is 10.2. The Morgan fingerprint density at radius 2 is 1.79 bits per heavy atom. The van der Waals surface area contributed by atoms with Crippen LogP contribution in [0, 0.1) is 5.92 Å². The molecule has 0 saturated carbocycles. The van der Waals surface area contributed by atoms with E-state index in [9.17, 15) is 9.59 Å². The fraction of sp³-hybridized carbons (Fsp3) is 0.333. The van der Waals surface area contributed by atoms with Crippen molar-refractivity contribution in [2.24, 2.45) is 5.92 Å². The second-order valence-electron chi connectivity index (χ2n) is 5.81. The normalized spacial score (nSPS) is 11.8. The summed E-state index contributed by atoms with van der Waals surface area (Å²) in [6.07, 6.45) is 0.820. The van der Waals surface area contributed by atoms with Gasteiger partial charge in [0.05, 0.1) is 7.11 Å². The van der Waals surface area contributed by atoms with Gasteiger partial charge in [0.2, 0.25) is 5.76 Å². The standard InChI is InChI=1S/C18H21NO5/c1-12(10-13-4-6-14(23-3)7-5-13)11-19(2)17(20)15-8-9-16(24-15)18(21)22/h4-9,12H,10-11H2,1-3H3,(H,21,22). The van der Waals surface area contributed by atoms with Gasteiger partial charge in [-0.15, -0.1) is 0 Å². The van der Waals surface area contributed by atoms with Gasteiger partial charge in [0.1, 0.15) is 5.75 Å². The Morgan fingerprint density at radius 1 is 1.17 bits per heavy atom. The summed E-state index contributed by atoms with van der Waals surface area (Å²) >= 11 is 0. The molecule has 1 unspecified atom stereocenters. The van der Waals surface area contributed by atoms with Crippen molar-refractivity contribution < 1.29 is 23.8 Å². The van der Waals surface area contributed by atoms with Gasteiger partial charge in [-0.1, -0.05) is 19.1 Å². The maximum absolute atomic E-state index is 12.3. The lowest BCUT2D eigenvalue weighted by Crippen LogP contribution is -2.31. The summed E-state index contributed by atoms with van der Waals surface area (Å²) in [6, 6.07) is 10.5. The molecular weight excluding hydrogens is 310 g/mol. The zero-order valence-electron chi connectivity index (χ0n) is 14.0. The van der Waals surface area contributed by atoms with Crippen LogP contribution in [-0.4, -0.2) is 42.6 Å². The van der Waals surface area contributed by atoms with Crippen molar-refractivity contribution in [3.05, 3.63) is 53.5 Å². The van der Waals surface area contributed by atoms with E-state index in [4.69, 9.17) is 14.3 Å². The van der Waals surface area contributed by atoms with E-state index in [2.05, 4.69) is 6.92 Å². The van der Waals surface area contributed by atoms with E-state index in [1.807, 2.05) is 24.3 Å². The molecule has 6 heteroatoms. The number of rotatable bonds is 7. The lowest BCUT2D eigenvalue weighted by Gasteiger charge is -2.21. The number of carboxylic acid groups (broad SMARTS) is 1. The van der Waals surface area contributed by atoms with E-state index in [0.717, 1.165) is 17.7 Å². The average molecular weight is 331 g/mol. The highest BCUT2D eigenvalue weighted by atomic mass is 16.5. The first kappa shape index (κ1) is 17.6. The molecule has 0 bridgehead atoms. The molecule has 0 radical (unpaired) electrons. The molecule has 0 aliphatic carbocycles. The molecule has 2 rings (SSSR count). The van der Waals surface area contributed by atoms with Crippen molar-refractivity contribution in [1.82, 2.24) is 4.90 Å². The molecule has 0 aliphatic rings. The summed E-state index contributed by atoms with van der Waals surface area (Å²) in [5.41, 5.74) is 1.16. The van der Waals surface area contributed by atoms with Crippen molar-refractivity contribution in [2.75, 3.05) is 20.7 Å². The van der Waals surface area contributed by atoms with Crippen LogP contribution in [0.5, 0.6) is 5.75 Å². The Hall–Kier alpha value is -2.76. The molecule has 0 aliphatic heterocycles. The monoisotopic (exact) mass is 331 g/mol. The SMILES string of the molecule is COc1ccc(CC(C)CN(C)C(=O)c2ccc(C(=O)O)o2)cc1. The third-order valence-electron chi connectivity index (χ3n) is 3.70. The molecule has 1 aromatic carbocycles. The minimum absolute atomic E-state index is 0.0338. The minimum atomic E-state index is -1.19. The van der Waals surface area contributed by atoms with E-state index in [0.29, 0.717) is 6.54 Å². The second-order valence-corrected chi connectivity index (χ2v) is 5.81. The number of nitrogens with zero attached hydrogens (tertiary/aromatic N) is 1. The summed E-state index contributed by atoms with van der Waals surface area (Å²) in [4.78, 5) is 24.6. The third kappa shape index (κ3) is 4.38. The molecule has 24 heavy (non-hydrogen) atoms. The molecule has 0 spiro atoms. The number of carboxylic acids is 1. The van der Waals surface area contributed by atoms with Gasteiger partial charge in [0.15, 0.2) is 5.76 Å². The lowest BCUT2D eigenvalue weighted by atomic mass is 10.0. The number of furan rings is 1. The van der Waals surface area contributed by atoms with Gasteiger partial charge < -0.3 is 19.2 Å². The highest BCUT2D eigenvalue weighted by molar-refractivity contribution is 5.93. The maximum atomic E-state index is 12.3. The van der Waals surface area contributed by atoms with E-state index in [1.54, 1.807) is 19.1 Å². The number of ether oxygens (including phenoxy) is 1. The van der Waals surface area contributed by atoms with Crippen molar-refractivity contribution in [3.63, 3.8) is 0 Å². The summed E-state index contributed by atoms with van der Waals surface area (Å²) in [5.74, 6) is -0.676. The van der Waals surface area contributed by atoms with Crippen molar-refractivity contribution in [2.45, 2.75) is 13.3 Å². The molecule has 1 aromatic heterocycles. The quantitative estimate of drug-likeness (QED) is 0.844. The van der Waals surface area contributed by atoms with Crippen LogP contribution < -0.4 is 4.74 Å². The first-order valence-electron chi connectivity index (χ1n) is 7.62. The van der Waals surface area contributed by atoms with E-state index >= 15 is 0 Å². The molecule has 2 aromatic rings. The largest absolute Gasteiger partial charge is 0.497 e. The summed E-state index contributed by atoms with van der Waals surface area (Å²) in [6.45, 7) is 2.59. The number of carbonyl (C=O) groups is 2. The van der Waals surface area contributed by atoms with Crippen LogP contribution in [0.1, 0.15) is 33.6 Å². The van der Waals surface area contributed by atoms with E-state index < -0.39 is 5.97 Å². The van der Waals surface area contributed by atoms with Crippen LogP contribution in [0.4, 0.5) is 0 Å². The first-order valence-corrected chi connectivity index (χ1v) is 7.62. The van der Waals surface area contributed by atoms with Crippen LogP contribution in [0.2, 0.25) is 0 Å². The van der Waals surface area contributed by atoms with Gasteiger partial charge >= 0.3 is 5.97 Å². The van der Waals surface area contributed by atoms with Crippen molar-refractivity contribution in [1.29, 1.82) is 0 Å². The molecule has 1 N–H and O–H groups in total. The van der Waals surface area contributed by atoms with Gasteiger partial charge in [-0.05, 0) is 42.2 Å². The minimum Gasteiger partial charge on any atom is -0.497 e. The van der Waals surface area contributed by atoms with Crippen LogP contribution in [-0.2, 0) is 6.42 Å². The Kier molecular flexibility index (Phi) is 5.63. The zero-order chi connectivity index (χ0) is 17.7. The summed E-state index contributed by atoms with van der Waals surface area (Å²) in [7, 11) is 3.30. The highest BCUT2D eigenvalue weighted by Gasteiger charge is 2.20. The Labute approximate surface area is 140 Å². The third-order valence-corrected chi connectivity index (χ3v) is 3.70. The van der Waals surface area contributed by atoms with E-state index in [-0.39, 0.29) is 23.3 Å². The van der Waals surface area contributed by atoms with Gasteiger partial charge in [-0.3, -0.25) is 4.79 Å². The maximum Gasteiger partial charge on any atom is 0.371 e. The van der Waals surface area contributed by atoms with Crippen LogP contribution in [0.25, 0.3) is 0 Å². The number of hydrogen-bond acceptors (Lipinski definition) is 4. The lowest BCUT2D eigenvalue weighted by molar-refractivity contribution is 0.0652. The Morgan fingerprint density at radius 3 is 2.33 bits per heavy atom. The highest BCUT2D eigenvalue weighted by Crippen LogP contribution is 2.16. The average Bonchev–Trinajstić information content (AvgIpc) is 3.05. The van der Waals surface area contributed by atoms with Crippen LogP contribution in [0.15, 0.2) is 40.8 Å². The molecule has 128 valence electrons. The van der Waals surface area contributed by atoms with Gasteiger partial charge in [0, 0.05) is 13.6 Å². The Balaban J connectivity index is 1.92. The van der Waals surface area contributed by atoms with Crippen molar-refractivity contribution in [3.8, 4) is 5.75 Å². The number of carbonyl (C=O) groups excluding carboxylic acids is 1. The molecule has 6 nitrogen and oxygen atoms in total. The van der Waals surface area contributed by atoms with Crippen LogP contribution >= 0.6 is 0 Å². The van der Waals surface area contributed by atoms with Gasteiger partial charge in [-0.2, -0.15) is 0 Å². The smallest absolute Gasteiger partial charge is 0.371 e. The molecule has 1 atom stereocenters.